The van der Waals surface area contributed by atoms with E-state index in [1.54, 1.807) is 6.20 Å². The molecule has 3 rings (SSSR count). The molecule has 6 N–H and O–H groups in total. The molecule has 2 aliphatic heterocycles. The van der Waals surface area contributed by atoms with Gasteiger partial charge in [0.05, 0.1) is 24.4 Å². The average molecular weight is 267 g/mol. The van der Waals surface area contributed by atoms with Crippen LogP contribution in [0, 0.1) is 5.92 Å². The molecule has 0 amide bonds. The summed E-state index contributed by atoms with van der Waals surface area (Å²) in [5.41, 5.74) is 9.59. The summed E-state index contributed by atoms with van der Waals surface area (Å²) >= 11 is 0. The molecular weight excluding hydrogens is 246 g/mol. The highest BCUT2D eigenvalue weighted by molar-refractivity contribution is 5.39. The zero-order valence-corrected chi connectivity index (χ0v) is 10.9. The summed E-state index contributed by atoms with van der Waals surface area (Å²) in [5, 5.41) is 6.73. The van der Waals surface area contributed by atoms with E-state index in [0.29, 0.717) is 18.3 Å². The number of H-pyrrole nitrogens is 1. The second-order valence-electron chi connectivity index (χ2n) is 5.47. The predicted molar refractivity (Wildman–Crippen MR) is 69.9 cm³/mol. The number of rotatable bonds is 3. The third-order valence-electron chi connectivity index (χ3n) is 4.28. The molecule has 19 heavy (non-hydrogen) atoms. The molecule has 3 heterocycles. The van der Waals surface area contributed by atoms with Crippen LogP contribution in [0.2, 0.25) is 0 Å². The zero-order valence-electron chi connectivity index (χ0n) is 10.9. The van der Waals surface area contributed by atoms with Gasteiger partial charge in [-0.1, -0.05) is 0 Å². The maximum absolute atomic E-state index is 5.95. The van der Waals surface area contributed by atoms with E-state index >= 15 is 0 Å². The lowest BCUT2D eigenvalue weighted by molar-refractivity contribution is -0.103. The lowest BCUT2D eigenvalue weighted by atomic mass is 9.79. The van der Waals surface area contributed by atoms with Crippen molar-refractivity contribution < 1.29 is 9.47 Å². The number of nitrogen functional groups attached to an aromatic ring is 1. The molecule has 3 unspecified atom stereocenters. The molecule has 2 saturated heterocycles. The molecule has 7 nitrogen and oxygen atoms in total. The Morgan fingerprint density at radius 1 is 1.53 bits per heavy atom. The normalized spacial score (nSPS) is 32.8. The van der Waals surface area contributed by atoms with Crippen LogP contribution in [0.1, 0.15) is 30.9 Å². The topological polar surface area (TPSA) is 111 Å². The third-order valence-corrected chi connectivity index (χ3v) is 4.28. The number of nitrogens with zero attached hydrogens (tertiary/aromatic N) is 1. The van der Waals surface area contributed by atoms with Crippen molar-refractivity contribution in [2.75, 3.05) is 25.6 Å². The second kappa shape index (κ2) is 5.09. The maximum atomic E-state index is 5.95. The first kappa shape index (κ1) is 12.9. The molecule has 0 saturated carbocycles. The van der Waals surface area contributed by atoms with E-state index in [1.165, 1.54) is 0 Å². The van der Waals surface area contributed by atoms with Crippen molar-refractivity contribution >= 4 is 5.82 Å². The first-order valence-corrected chi connectivity index (χ1v) is 6.71. The molecule has 1 aromatic heterocycles. The van der Waals surface area contributed by atoms with Gasteiger partial charge in [-0.25, -0.2) is 0 Å². The summed E-state index contributed by atoms with van der Waals surface area (Å²) in [6.45, 7) is 2.20. The van der Waals surface area contributed by atoms with Crippen LogP contribution in [-0.2, 0) is 9.47 Å². The summed E-state index contributed by atoms with van der Waals surface area (Å²) in [7, 11) is 0. The molecule has 7 heteroatoms. The molecule has 0 radical (unpaired) electrons. The van der Waals surface area contributed by atoms with Gasteiger partial charge in [0.25, 0.3) is 0 Å². The molecule has 106 valence electrons. The minimum atomic E-state index is -0.128. The lowest BCUT2D eigenvalue weighted by Crippen LogP contribution is -2.45. The number of aromatic amines is 1. The monoisotopic (exact) mass is 267 g/mol. The molecule has 3 atom stereocenters. The Balaban J connectivity index is 1.78. The summed E-state index contributed by atoms with van der Waals surface area (Å²) < 4.78 is 11.4. The smallest absolute Gasteiger partial charge is 0.123 e. The highest BCUT2D eigenvalue weighted by Gasteiger charge is 2.43. The van der Waals surface area contributed by atoms with Crippen molar-refractivity contribution in [3.63, 3.8) is 0 Å². The van der Waals surface area contributed by atoms with Gasteiger partial charge in [0.1, 0.15) is 5.82 Å². The summed E-state index contributed by atoms with van der Waals surface area (Å²) in [4.78, 5) is 0. The predicted octanol–water partition coefficient (Wildman–Crippen LogP) is 0.0820. The Kier molecular flexibility index (Phi) is 3.44. The van der Waals surface area contributed by atoms with E-state index < -0.39 is 0 Å². The van der Waals surface area contributed by atoms with Crippen LogP contribution in [0.15, 0.2) is 6.20 Å². The minimum Gasteiger partial charge on any atom is -0.384 e. The fourth-order valence-electron chi connectivity index (χ4n) is 3.25. The Bertz CT molecular complexity index is 430. The number of anilines is 1. The van der Waals surface area contributed by atoms with Crippen molar-refractivity contribution in [3.8, 4) is 0 Å². The van der Waals surface area contributed by atoms with E-state index in [2.05, 4.69) is 15.6 Å². The van der Waals surface area contributed by atoms with E-state index in [4.69, 9.17) is 21.1 Å². The van der Waals surface area contributed by atoms with Gasteiger partial charge < -0.3 is 15.2 Å². The molecule has 0 aliphatic carbocycles. The molecule has 2 fully saturated rings. The van der Waals surface area contributed by atoms with Gasteiger partial charge in [0, 0.05) is 25.2 Å². The number of hydrogen-bond donors (Lipinski definition) is 4. The fourth-order valence-corrected chi connectivity index (χ4v) is 3.25. The SMILES string of the molecule is NNC(c1cn[nH]c1N)C1CCOC2(CCOC2)C1. The van der Waals surface area contributed by atoms with Gasteiger partial charge in [-0.2, -0.15) is 5.10 Å². The fraction of sp³-hybridized carbons (Fsp3) is 0.750. The van der Waals surface area contributed by atoms with Gasteiger partial charge in [0.15, 0.2) is 0 Å². The number of aromatic nitrogens is 2. The van der Waals surface area contributed by atoms with Crippen LogP contribution in [0.5, 0.6) is 0 Å². The maximum Gasteiger partial charge on any atom is 0.123 e. The zero-order chi connectivity index (χ0) is 13.3. The number of nitrogens with one attached hydrogen (secondary N) is 2. The molecule has 2 aliphatic rings. The van der Waals surface area contributed by atoms with Gasteiger partial charge in [-0.3, -0.25) is 16.4 Å². The Morgan fingerprint density at radius 3 is 3.05 bits per heavy atom. The van der Waals surface area contributed by atoms with Crippen LogP contribution < -0.4 is 17.0 Å². The van der Waals surface area contributed by atoms with E-state index in [0.717, 1.165) is 38.0 Å². The molecule has 0 aromatic carbocycles. The molecule has 0 bridgehead atoms. The van der Waals surface area contributed by atoms with Gasteiger partial charge >= 0.3 is 0 Å². The van der Waals surface area contributed by atoms with E-state index in [-0.39, 0.29) is 11.6 Å². The van der Waals surface area contributed by atoms with Gasteiger partial charge in [0.2, 0.25) is 0 Å². The average Bonchev–Trinajstić information content (AvgIpc) is 3.02. The lowest BCUT2D eigenvalue weighted by Gasteiger charge is -2.40. The van der Waals surface area contributed by atoms with Crippen LogP contribution in [0.4, 0.5) is 5.82 Å². The van der Waals surface area contributed by atoms with Gasteiger partial charge in [-0.05, 0) is 18.8 Å². The van der Waals surface area contributed by atoms with Crippen LogP contribution in [0.25, 0.3) is 0 Å². The van der Waals surface area contributed by atoms with Crippen molar-refractivity contribution in [3.05, 3.63) is 11.8 Å². The van der Waals surface area contributed by atoms with Crippen molar-refractivity contribution in [2.45, 2.75) is 30.9 Å². The highest BCUT2D eigenvalue weighted by atomic mass is 16.6. The molecule has 1 aromatic rings. The Hall–Kier alpha value is -1.15. The standard InChI is InChI=1S/C12H21N5O2/c13-11-9(6-15-17-11)10(16-14)8-1-3-19-12(5-8)2-4-18-7-12/h6,8,10,16H,1-5,7,14H2,(H3,13,15,17). The summed E-state index contributed by atoms with van der Waals surface area (Å²) in [5.74, 6) is 6.68. The Labute approximate surface area is 112 Å². The van der Waals surface area contributed by atoms with Gasteiger partial charge in [-0.15, -0.1) is 0 Å². The first-order chi connectivity index (χ1) is 9.24. The number of ether oxygens (including phenoxy) is 2. The first-order valence-electron chi connectivity index (χ1n) is 6.71. The third kappa shape index (κ3) is 2.34. The summed E-state index contributed by atoms with van der Waals surface area (Å²) in [6.07, 6.45) is 4.60. The van der Waals surface area contributed by atoms with Crippen molar-refractivity contribution in [1.29, 1.82) is 0 Å². The van der Waals surface area contributed by atoms with Crippen LogP contribution in [0.3, 0.4) is 0 Å². The largest absolute Gasteiger partial charge is 0.384 e. The highest BCUT2D eigenvalue weighted by Crippen LogP contribution is 2.41. The number of nitrogens with two attached hydrogens (primary N) is 2. The van der Waals surface area contributed by atoms with Crippen LogP contribution in [-0.4, -0.2) is 35.6 Å². The van der Waals surface area contributed by atoms with E-state index in [1.807, 2.05) is 0 Å². The quantitative estimate of drug-likeness (QED) is 0.456. The van der Waals surface area contributed by atoms with Crippen molar-refractivity contribution in [2.24, 2.45) is 11.8 Å². The van der Waals surface area contributed by atoms with Crippen LogP contribution >= 0.6 is 0 Å². The molecule has 1 spiro atoms. The molecular formula is C12H21N5O2. The summed E-state index contributed by atoms with van der Waals surface area (Å²) in [6, 6.07) is 0.000116. The van der Waals surface area contributed by atoms with E-state index in [9.17, 15) is 0 Å². The van der Waals surface area contributed by atoms with Crippen molar-refractivity contribution in [1.82, 2.24) is 15.6 Å². The number of hydrogen-bond acceptors (Lipinski definition) is 6. The second-order valence-corrected chi connectivity index (χ2v) is 5.47. The number of hydrazine groups is 1. The minimum absolute atomic E-state index is 0.000116. The Morgan fingerprint density at radius 2 is 2.42 bits per heavy atom.